The summed E-state index contributed by atoms with van der Waals surface area (Å²) in [4.78, 5) is 36.8. The molecule has 3 rings (SSSR count). The molecular weight excluding hydrogens is 424 g/mol. The molecule has 0 aromatic heterocycles. The Bertz CT molecular complexity index is 1160. The zero-order valence-electron chi connectivity index (χ0n) is 17.6. The second kappa shape index (κ2) is 10.3. The molecule has 0 heterocycles. The average molecular weight is 447 g/mol. The van der Waals surface area contributed by atoms with Crippen LogP contribution in [0.4, 0.5) is 5.69 Å². The number of thiocarbonyl (C=S) groups is 1. The summed E-state index contributed by atoms with van der Waals surface area (Å²) >= 11 is 5.04. The Balaban J connectivity index is 1.50. The molecule has 0 bridgehead atoms. The standard InChI is InChI=1S/C24H22N4O3S/c1-15-7-9-17(10-8-15)21(29)26-24(32)28-27-22(30)18-11-13-19(14-12-18)25-23(31)20-6-4-3-5-16(20)2/h3-14H,1-2H3,(H,25,31)(H,27,30)(H2,26,28,29,32). The van der Waals surface area contributed by atoms with E-state index in [1.807, 2.05) is 38.1 Å². The minimum Gasteiger partial charge on any atom is -0.322 e. The van der Waals surface area contributed by atoms with Crippen molar-refractivity contribution in [3.8, 4) is 0 Å². The Labute approximate surface area is 191 Å². The number of hydrogen-bond donors (Lipinski definition) is 4. The minimum absolute atomic E-state index is 0.0361. The van der Waals surface area contributed by atoms with Crippen LogP contribution in [0.5, 0.6) is 0 Å². The minimum atomic E-state index is -0.450. The number of hydrazine groups is 1. The molecule has 0 aliphatic heterocycles. The predicted octanol–water partition coefficient (Wildman–Crippen LogP) is 3.51. The van der Waals surface area contributed by atoms with Gasteiger partial charge in [0.15, 0.2) is 5.11 Å². The molecule has 0 saturated carbocycles. The predicted molar refractivity (Wildman–Crippen MR) is 127 cm³/mol. The summed E-state index contributed by atoms with van der Waals surface area (Å²) < 4.78 is 0. The van der Waals surface area contributed by atoms with Gasteiger partial charge in [-0.05, 0) is 74.1 Å². The summed E-state index contributed by atoms with van der Waals surface area (Å²) in [6.45, 7) is 3.79. The van der Waals surface area contributed by atoms with Gasteiger partial charge in [0.1, 0.15) is 0 Å². The second-order valence-corrected chi connectivity index (χ2v) is 7.48. The molecule has 162 valence electrons. The van der Waals surface area contributed by atoms with Gasteiger partial charge in [-0.15, -0.1) is 0 Å². The fourth-order valence-electron chi connectivity index (χ4n) is 2.83. The number of carbonyl (C=O) groups is 3. The van der Waals surface area contributed by atoms with Gasteiger partial charge in [-0.2, -0.15) is 0 Å². The summed E-state index contributed by atoms with van der Waals surface area (Å²) in [7, 11) is 0. The molecular formula is C24H22N4O3S. The van der Waals surface area contributed by atoms with Crippen LogP contribution in [0.15, 0.2) is 72.8 Å². The van der Waals surface area contributed by atoms with Crippen molar-refractivity contribution in [3.63, 3.8) is 0 Å². The quantitative estimate of drug-likeness (QED) is 0.363. The fourth-order valence-corrected chi connectivity index (χ4v) is 2.97. The first-order valence-corrected chi connectivity index (χ1v) is 10.2. The Morgan fingerprint density at radius 3 is 1.94 bits per heavy atom. The molecule has 3 amide bonds. The van der Waals surface area contributed by atoms with Gasteiger partial charge < -0.3 is 5.32 Å². The molecule has 0 radical (unpaired) electrons. The lowest BCUT2D eigenvalue weighted by atomic mass is 10.1. The van der Waals surface area contributed by atoms with Crippen LogP contribution >= 0.6 is 12.2 Å². The smallest absolute Gasteiger partial charge is 0.269 e. The van der Waals surface area contributed by atoms with Crippen LogP contribution in [0.3, 0.4) is 0 Å². The zero-order valence-corrected chi connectivity index (χ0v) is 18.4. The van der Waals surface area contributed by atoms with Gasteiger partial charge >= 0.3 is 0 Å². The Kier molecular flexibility index (Phi) is 7.30. The van der Waals surface area contributed by atoms with Crippen LogP contribution in [-0.2, 0) is 0 Å². The molecule has 0 aliphatic carbocycles. The van der Waals surface area contributed by atoms with E-state index in [0.29, 0.717) is 22.4 Å². The van der Waals surface area contributed by atoms with E-state index in [9.17, 15) is 14.4 Å². The monoisotopic (exact) mass is 446 g/mol. The molecule has 3 aromatic rings. The van der Waals surface area contributed by atoms with Crippen molar-refractivity contribution in [1.82, 2.24) is 16.2 Å². The maximum absolute atomic E-state index is 12.4. The molecule has 32 heavy (non-hydrogen) atoms. The topological polar surface area (TPSA) is 99.3 Å². The van der Waals surface area contributed by atoms with Gasteiger partial charge in [0, 0.05) is 22.4 Å². The van der Waals surface area contributed by atoms with Gasteiger partial charge in [-0.25, -0.2) is 0 Å². The molecule has 0 atom stereocenters. The van der Waals surface area contributed by atoms with Gasteiger partial charge in [-0.1, -0.05) is 35.9 Å². The van der Waals surface area contributed by atoms with Crippen molar-refractivity contribution in [2.75, 3.05) is 5.32 Å². The second-order valence-electron chi connectivity index (χ2n) is 7.07. The first-order chi connectivity index (χ1) is 15.3. The summed E-state index contributed by atoms with van der Waals surface area (Å²) in [5.41, 5.74) is 8.78. The van der Waals surface area contributed by atoms with E-state index in [0.717, 1.165) is 11.1 Å². The lowest BCUT2D eigenvalue weighted by Crippen LogP contribution is -2.48. The number of nitrogens with one attached hydrogen (secondary N) is 4. The fraction of sp³-hybridized carbons (Fsp3) is 0.0833. The maximum Gasteiger partial charge on any atom is 0.269 e. The van der Waals surface area contributed by atoms with E-state index in [1.54, 1.807) is 48.5 Å². The van der Waals surface area contributed by atoms with Crippen LogP contribution in [0.25, 0.3) is 0 Å². The van der Waals surface area contributed by atoms with Crippen LogP contribution in [0.1, 0.15) is 42.2 Å². The van der Waals surface area contributed by atoms with E-state index in [4.69, 9.17) is 12.2 Å². The van der Waals surface area contributed by atoms with Gasteiger partial charge in [0.25, 0.3) is 17.7 Å². The van der Waals surface area contributed by atoms with E-state index in [1.165, 1.54) is 0 Å². The van der Waals surface area contributed by atoms with E-state index in [2.05, 4.69) is 21.5 Å². The summed E-state index contributed by atoms with van der Waals surface area (Å²) in [6, 6.07) is 20.7. The Morgan fingerprint density at radius 1 is 0.688 bits per heavy atom. The summed E-state index contributed by atoms with van der Waals surface area (Å²) in [5.74, 6) is -1.06. The Morgan fingerprint density at radius 2 is 1.28 bits per heavy atom. The molecule has 0 fully saturated rings. The van der Waals surface area contributed by atoms with E-state index < -0.39 is 5.91 Å². The van der Waals surface area contributed by atoms with Crippen molar-refractivity contribution >= 4 is 40.7 Å². The molecule has 0 aliphatic rings. The molecule has 0 unspecified atom stereocenters. The van der Waals surface area contributed by atoms with Crippen molar-refractivity contribution in [3.05, 3.63) is 101 Å². The molecule has 8 heteroatoms. The first kappa shape index (κ1) is 22.6. The average Bonchev–Trinajstić information content (AvgIpc) is 2.78. The third kappa shape index (κ3) is 5.99. The molecule has 0 saturated heterocycles. The third-order valence-electron chi connectivity index (χ3n) is 4.63. The summed E-state index contributed by atoms with van der Waals surface area (Å²) in [5, 5.41) is 5.26. The number of rotatable bonds is 4. The highest BCUT2D eigenvalue weighted by molar-refractivity contribution is 7.80. The summed E-state index contributed by atoms with van der Waals surface area (Å²) in [6.07, 6.45) is 0. The number of anilines is 1. The maximum atomic E-state index is 12.4. The van der Waals surface area contributed by atoms with Crippen molar-refractivity contribution in [1.29, 1.82) is 0 Å². The first-order valence-electron chi connectivity index (χ1n) is 9.79. The molecule has 0 spiro atoms. The highest BCUT2D eigenvalue weighted by atomic mass is 32.1. The number of benzene rings is 3. The number of amides is 3. The normalized spacial score (nSPS) is 10.1. The largest absolute Gasteiger partial charge is 0.322 e. The van der Waals surface area contributed by atoms with Crippen LogP contribution in [-0.4, -0.2) is 22.8 Å². The van der Waals surface area contributed by atoms with Crippen LogP contribution < -0.4 is 21.5 Å². The van der Waals surface area contributed by atoms with E-state index >= 15 is 0 Å². The number of carbonyl (C=O) groups excluding carboxylic acids is 3. The SMILES string of the molecule is Cc1ccc(C(=O)NC(=S)NNC(=O)c2ccc(NC(=O)c3ccccc3C)cc2)cc1. The molecule has 7 nitrogen and oxygen atoms in total. The van der Waals surface area contributed by atoms with E-state index in [-0.39, 0.29) is 16.9 Å². The van der Waals surface area contributed by atoms with Crippen molar-refractivity contribution in [2.45, 2.75) is 13.8 Å². The highest BCUT2D eigenvalue weighted by Gasteiger charge is 2.11. The Hall–Kier alpha value is -4.04. The van der Waals surface area contributed by atoms with Crippen LogP contribution in [0, 0.1) is 13.8 Å². The zero-order chi connectivity index (χ0) is 23.1. The van der Waals surface area contributed by atoms with Gasteiger partial charge in [0.05, 0.1) is 0 Å². The molecule has 3 aromatic carbocycles. The number of aryl methyl sites for hydroxylation is 2. The lowest BCUT2D eigenvalue weighted by Gasteiger charge is -2.11. The van der Waals surface area contributed by atoms with Crippen LogP contribution in [0.2, 0.25) is 0 Å². The highest BCUT2D eigenvalue weighted by Crippen LogP contribution is 2.13. The lowest BCUT2D eigenvalue weighted by molar-refractivity contribution is 0.0934. The number of hydrogen-bond acceptors (Lipinski definition) is 4. The van der Waals surface area contributed by atoms with Crippen molar-refractivity contribution < 1.29 is 14.4 Å². The van der Waals surface area contributed by atoms with Gasteiger partial charge in [-0.3, -0.25) is 30.6 Å². The molecule has 4 N–H and O–H groups in total. The van der Waals surface area contributed by atoms with Gasteiger partial charge in [0.2, 0.25) is 0 Å². The third-order valence-corrected chi connectivity index (χ3v) is 4.83. The van der Waals surface area contributed by atoms with Crippen molar-refractivity contribution in [2.24, 2.45) is 0 Å².